The van der Waals surface area contributed by atoms with Gasteiger partial charge >= 0.3 is 6.09 Å². The quantitative estimate of drug-likeness (QED) is 0.437. The first kappa shape index (κ1) is 22.4. The monoisotopic (exact) mass is 440 g/mol. The van der Waals surface area contributed by atoms with Crippen LogP contribution in [-0.2, 0) is 4.43 Å². The number of hydrogen-bond acceptors (Lipinski definition) is 4. The number of hydrogen-bond donors (Lipinski definition) is 1. The van der Waals surface area contributed by atoms with Gasteiger partial charge in [0.15, 0.2) is 0 Å². The molecule has 1 fully saturated rings. The number of amides is 1. The second kappa shape index (κ2) is 9.23. The Labute approximate surface area is 184 Å². The molecule has 0 bridgehead atoms. The lowest BCUT2D eigenvalue weighted by Crippen LogP contribution is -2.69. The van der Waals surface area contributed by atoms with E-state index in [0.717, 1.165) is 0 Å². The van der Waals surface area contributed by atoms with E-state index < -0.39 is 14.4 Å². The molecule has 1 saturated heterocycles. The summed E-state index contributed by atoms with van der Waals surface area (Å²) < 4.78 is 7.08. The Morgan fingerprint density at radius 2 is 1.63 bits per heavy atom. The summed E-state index contributed by atoms with van der Waals surface area (Å²) in [6, 6.07) is 20.5. The van der Waals surface area contributed by atoms with Crippen LogP contribution in [0.2, 0.25) is 5.04 Å². The van der Waals surface area contributed by atoms with E-state index in [1.54, 1.807) is 0 Å². The van der Waals surface area contributed by atoms with Crippen LogP contribution in [0.15, 0.2) is 65.7 Å². The minimum Gasteiger partial charge on any atom is -0.465 e. The lowest BCUT2D eigenvalue weighted by Gasteiger charge is -2.47. The molecule has 1 heterocycles. The number of benzene rings is 2. The molecule has 3 rings (SSSR count). The molecule has 7 heteroatoms. The number of aliphatic imine (C=N–C) groups is 1. The minimum absolute atomic E-state index is 0.176. The summed E-state index contributed by atoms with van der Waals surface area (Å²) >= 11 is 4.78. The van der Waals surface area contributed by atoms with E-state index in [2.05, 4.69) is 55.2 Å². The maximum atomic E-state index is 11.7. The molecule has 0 saturated carbocycles. The van der Waals surface area contributed by atoms with Crippen LogP contribution in [0.5, 0.6) is 0 Å². The molecule has 158 valence electrons. The molecule has 1 aliphatic rings. The highest BCUT2D eigenvalue weighted by atomic mass is 32.1. The SMILES string of the molecule is CC(C)(C)[Si](O[C@@H]1C[C@H](N=C=S)CN(C(=O)O)C1)(c1ccccc1)c1ccccc1. The van der Waals surface area contributed by atoms with E-state index >= 15 is 0 Å². The smallest absolute Gasteiger partial charge is 0.407 e. The molecule has 2 atom stereocenters. The zero-order chi connectivity index (χ0) is 21.8. The third-order valence-corrected chi connectivity index (χ3v) is 10.9. The maximum Gasteiger partial charge on any atom is 0.407 e. The zero-order valence-corrected chi connectivity index (χ0v) is 19.4. The average Bonchev–Trinajstić information content (AvgIpc) is 2.72. The van der Waals surface area contributed by atoms with E-state index in [9.17, 15) is 9.90 Å². The van der Waals surface area contributed by atoms with Gasteiger partial charge in [-0.05, 0) is 34.1 Å². The van der Waals surface area contributed by atoms with Crippen LogP contribution in [0.1, 0.15) is 27.2 Å². The minimum atomic E-state index is -2.76. The van der Waals surface area contributed by atoms with Crippen molar-refractivity contribution < 1.29 is 14.3 Å². The Hall–Kier alpha value is -2.31. The van der Waals surface area contributed by atoms with Gasteiger partial charge in [-0.1, -0.05) is 81.4 Å². The molecule has 30 heavy (non-hydrogen) atoms. The van der Waals surface area contributed by atoms with E-state index in [1.807, 2.05) is 36.4 Å². The molecule has 5 nitrogen and oxygen atoms in total. The molecule has 0 aliphatic carbocycles. The van der Waals surface area contributed by atoms with Crippen LogP contribution in [0, 0.1) is 0 Å². The van der Waals surface area contributed by atoms with Gasteiger partial charge in [-0.25, -0.2) is 9.79 Å². The molecule has 0 spiro atoms. The van der Waals surface area contributed by atoms with Crippen molar-refractivity contribution in [1.29, 1.82) is 0 Å². The van der Waals surface area contributed by atoms with Gasteiger partial charge < -0.3 is 14.4 Å². The van der Waals surface area contributed by atoms with Crippen molar-refractivity contribution in [3.63, 3.8) is 0 Å². The van der Waals surface area contributed by atoms with Crippen LogP contribution < -0.4 is 10.4 Å². The van der Waals surface area contributed by atoms with Crippen molar-refractivity contribution in [1.82, 2.24) is 4.90 Å². The van der Waals surface area contributed by atoms with Crippen molar-refractivity contribution in [2.24, 2.45) is 4.99 Å². The van der Waals surface area contributed by atoms with Gasteiger partial charge in [-0.15, -0.1) is 0 Å². The number of carbonyl (C=O) groups is 1. The Bertz CT molecular complexity index is 862. The lowest BCUT2D eigenvalue weighted by atomic mass is 10.0. The number of rotatable bonds is 5. The molecule has 0 unspecified atom stereocenters. The summed E-state index contributed by atoms with van der Waals surface area (Å²) in [6.07, 6.45) is -0.619. The fourth-order valence-electron chi connectivity index (χ4n) is 4.38. The number of isothiocyanates is 1. The summed E-state index contributed by atoms with van der Waals surface area (Å²) in [5, 5.41) is 14.2. The predicted molar refractivity (Wildman–Crippen MR) is 126 cm³/mol. The van der Waals surface area contributed by atoms with Gasteiger partial charge in [0, 0.05) is 13.1 Å². The summed E-state index contributed by atoms with van der Waals surface area (Å²) in [6.45, 7) is 7.28. The van der Waals surface area contributed by atoms with Crippen LogP contribution >= 0.6 is 12.2 Å². The van der Waals surface area contributed by atoms with Crippen molar-refractivity contribution >= 4 is 42.2 Å². The van der Waals surface area contributed by atoms with Gasteiger partial charge in [-0.2, -0.15) is 0 Å². The highest BCUT2D eigenvalue weighted by Gasteiger charge is 2.52. The standard InChI is InChI=1S/C23H28N2O3SSi/c1-23(2,3)30(20-10-6-4-7-11-20,21-12-8-5-9-13-21)28-19-14-18(24-17-29)15-25(16-19)22(26)27/h4-13,18-19H,14-16H2,1-3H3,(H,26,27)/t18-,19+/m0/s1. The zero-order valence-electron chi connectivity index (χ0n) is 17.6. The van der Waals surface area contributed by atoms with E-state index in [-0.39, 0.29) is 17.2 Å². The molecular formula is C23H28N2O3SSi. The molecule has 0 radical (unpaired) electrons. The Morgan fingerprint density at radius 1 is 1.10 bits per heavy atom. The summed E-state index contributed by atoms with van der Waals surface area (Å²) in [7, 11) is -2.76. The molecule has 1 aliphatic heterocycles. The summed E-state index contributed by atoms with van der Waals surface area (Å²) in [4.78, 5) is 17.3. The third-order valence-electron chi connectivity index (χ3n) is 5.66. The molecule has 1 amide bonds. The number of likely N-dealkylation sites (tertiary alicyclic amines) is 1. The molecule has 0 aromatic heterocycles. The fourth-order valence-corrected chi connectivity index (χ4v) is 9.21. The molecule has 1 N–H and O–H groups in total. The topological polar surface area (TPSA) is 62.1 Å². The van der Waals surface area contributed by atoms with E-state index in [4.69, 9.17) is 16.6 Å². The van der Waals surface area contributed by atoms with Crippen LogP contribution in [0.4, 0.5) is 4.79 Å². The summed E-state index contributed by atoms with van der Waals surface area (Å²) in [5.74, 6) is 0. The normalized spacial score (nSPS) is 19.8. The number of piperidine rings is 1. The largest absolute Gasteiger partial charge is 0.465 e. The second-order valence-electron chi connectivity index (χ2n) is 8.70. The Balaban J connectivity index is 2.11. The maximum absolute atomic E-state index is 11.7. The highest BCUT2D eigenvalue weighted by molar-refractivity contribution is 7.78. The first-order chi connectivity index (χ1) is 14.3. The second-order valence-corrected chi connectivity index (χ2v) is 13.1. The van der Waals surface area contributed by atoms with Crippen molar-refractivity contribution in [3.8, 4) is 0 Å². The first-order valence-electron chi connectivity index (χ1n) is 10.1. The third kappa shape index (κ3) is 4.55. The molecular weight excluding hydrogens is 412 g/mol. The van der Waals surface area contributed by atoms with E-state index in [1.165, 1.54) is 15.3 Å². The highest BCUT2D eigenvalue weighted by Crippen LogP contribution is 2.38. The fraction of sp³-hybridized carbons (Fsp3) is 0.391. The van der Waals surface area contributed by atoms with Crippen LogP contribution in [0.3, 0.4) is 0 Å². The van der Waals surface area contributed by atoms with Gasteiger partial charge in [-0.3, -0.25) is 0 Å². The first-order valence-corrected chi connectivity index (χ1v) is 12.4. The average molecular weight is 441 g/mol. The summed E-state index contributed by atoms with van der Waals surface area (Å²) in [5.41, 5.74) is 0. The Kier molecular flexibility index (Phi) is 6.88. The van der Waals surface area contributed by atoms with Crippen molar-refractivity contribution in [2.75, 3.05) is 13.1 Å². The van der Waals surface area contributed by atoms with Crippen molar-refractivity contribution in [3.05, 3.63) is 60.7 Å². The lowest BCUT2D eigenvalue weighted by molar-refractivity contribution is 0.0662. The predicted octanol–water partition coefficient (Wildman–Crippen LogP) is 3.79. The van der Waals surface area contributed by atoms with E-state index in [0.29, 0.717) is 19.5 Å². The van der Waals surface area contributed by atoms with Gasteiger partial charge in [0.1, 0.15) is 0 Å². The number of nitrogens with zero attached hydrogens (tertiary/aromatic N) is 2. The Morgan fingerprint density at radius 3 is 2.07 bits per heavy atom. The van der Waals surface area contributed by atoms with Crippen LogP contribution in [0.25, 0.3) is 0 Å². The van der Waals surface area contributed by atoms with Crippen molar-refractivity contribution in [2.45, 2.75) is 44.4 Å². The molecule has 2 aromatic rings. The van der Waals surface area contributed by atoms with Crippen LogP contribution in [-0.4, -0.2) is 54.8 Å². The van der Waals surface area contributed by atoms with Gasteiger partial charge in [0.25, 0.3) is 8.32 Å². The molecule has 2 aromatic carbocycles. The number of thiocarbonyl (C=S) groups is 1. The van der Waals surface area contributed by atoms with Gasteiger partial charge in [0.2, 0.25) is 0 Å². The van der Waals surface area contributed by atoms with Gasteiger partial charge in [0.05, 0.1) is 17.3 Å². The number of carboxylic acid groups (broad SMARTS) is 1.